The zero-order valence-corrected chi connectivity index (χ0v) is 13.1. The van der Waals surface area contributed by atoms with Crippen LogP contribution in [-0.2, 0) is 0 Å². The van der Waals surface area contributed by atoms with Crippen molar-refractivity contribution in [2.75, 3.05) is 5.43 Å². The Bertz CT molecular complexity index is 696. The fraction of sp³-hybridized carbons (Fsp3) is 0.375. The third kappa shape index (κ3) is 3.32. The molecule has 0 amide bonds. The minimum atomic E-state index is -0.607. The number of anilines is 1. The van der Waals surface area contributed by atoms with Crippen LogP contribution in [0.3, 0.4) is 0 Å². The number of nitrogens with one attached hydrogen (secondary N) is 1. The van der Waals surface area contributed by atoms with E-state index in [4.69, 9.17) is 0 Å². The van der Waals surface area contributed by atoms with Crippen molar-refractivity contribution in [1.29, 1.82) is 0 Å². The van der Waals surface area contributed by atoms with Crippen LogP contribution in [0, 0.1) is 17.6 Å². The molecule has 1 atom stereocenters. The number of thiazole rings is 1. The summed E-state index contributed by atoms with van der Waals surface area (Å²) >= 11 is 1.36. The summed E-state index contributed by atoms with van der Waals surface area (Å²) < 4.78 is 26.7. The van der Waals surface area contributed by atoms with Gasteiger partial charge in [0.2, 0.25) is 5.13 Å². The Balaban J connectivity index is 1.75. The molecule has 1 heterocycles. The van der Waals surface area contributed by atoms with Crippen molar-refractivity contribution < 1.29 is 8.78 Å². The van der Waals surface area contributed by atoms with E-state index < -0.39 is 11.6 Å². The van der Waals surface area contributed by atoms with Crippen molar-refractivity contribution >= 4 is 22.2 Å². The molecule has 2 aromatic rings. The molecule has 1 aromatic heterocycles. The lowest BCUT2D eigenvalue weighted by atomic mass is 9.89. The SMILES string of the molecule is CC1CCCC/C1=N\Nc1nc(-c2ccc(F)cc2F)cs1. The molecule has 1 aromatic carbocycles. The maximum absolute atomic E-state index is 13.7. The van der Waals surface area contributed by atoms with Gasteiger partial charge in [0, 0.05) is 22.7 Å². The first-order valence-electron chi connectivity index (χ1n) is 7.37. The number of nitrogens with zero attached hydrogens (tertiary/aromatic N) is 2. The maximum atomic E-state index is 13.7. The van der Waals surface area contributed by atoms with Gasteiger partial charge in [0.15, 0.2) is 0 Å². The molecule has 1 N–H and O–H groups in total. The topological polar surface area (TPSA) is 37.3 Å². The Kier molecular flexibility index (Phi) is 4.47. The van der Waals surface area contributed by atoms with Gasteiger partial charge in [-0.05, 0) is 37.3 Å². The van der Waals surface area contributed by atoms with Crippen molar-refractivity contribution in [3.05, 3.63) is 35.2 Å². The molecular weight excluding hydrogens is 304 g/mol. The van der Waals surface area contributed by atoms with E-state index in [1.54, 1.807) is 5.38 Å². The fourth-order valence-corrected chi connectivity index (χ4v) is 3.25. The molecule has 1 aliphatic rings. The van der Waals surface area contributed by atoms with Crippen LogP contribution >= 0.6 is 11.3 Å². The monoisotopic (exact) mass is 321 g/mol. The molecule has 6 heteroatoms. The van der Waals surface area contributed by atoms with E-state index in [0.29, 0.717) is 22.3 Å². The molecule has 0 bridgehead atoms. The van der Waals surface area contributed by atoms with E-state index in [9.17, 15) is 8.78 Å². The Morgan fingerprint density at radius 1 is 1.32 bits per heavy atom. The van der Waals surface area contributed by atoms with E-state index in [0.717, 1.165) is 18.2 Å². The molecule has 0 saturated heterocycles. The highest BCUT2D eigenvalue weighted by Gasteiger charge is 2.16. The van der Waals surface area contributed by atoms with Gasteiger partial charge in [-0.3, -0.25) is 5.43 Å². The third-order valence-electron chi connectivity index (χ3n) is 3.90. The molecule has 1 aliphatic carbocycles. The Morgan fingerprint density at radius 2 is 2.18 bits per heavy atom. The van der Waals surface area contributed by atoms with Crippen LogP contribution in [0.15, 0.2) is 28.7 Å². The number of aromatic nitrogens is 1. The van der Waals surface area contributed by atoms with Crippen molar-refractivity contribution in [3.8, 4) is 11.3 Å². The largest absolute Gasteiger partial charge is 0.253 e. The Hall–Kier alpha value is -1.82. The predicted molar refractivity (Wildman–Crippen MR) is 86.2 cm³/mol. The van der Waals surface area contributed by atoms with Gasteiger partial charge in [0.05, 0.1) is 5.69 Å². The second-order valence-electron chi connectivity index (χ2n) is 5.52. The molecule has 3 nitrogen and oxygen atoms in total. The van der Waals surface area contributed by atoms with Crippen molar-refractivity contribution in [1.82, 2.24) is 4.98 Å². The standard InChI is InChI=1S/C16H17F2N3S/c1-10-4-2-3-5-14(10)20-21-16-19-15(9-22-16)12-7-6-11(17)8-13(12)18/h6-10H,2-5H2,1H3,(H,19,21)/b20-14+. The minimum Gasteiger partial charge on any atom is -0.253 e. The third-order valence-corrected chi connectivity index (χ3v) is 4.64. The molecule has 0 aliphatic heterocycles. The highest BCUT2D eigenvalue weighted by atomic mass is 32.1. The van der Waals surface area contributed by atoms with Gasteiger partial charge in [0.25, 0.3) is 0 Å². The van der Waals surface area contributed by atoms with Gasteiger partial charge in [-0.2, -0.15) is 5.10 Å². The molecule has 0 radical (unpaired) electrons. The second kappa shape index (κ2) is 6.52. The first-order valence-corrected chi connectivity index (χ1v) is 8.25. The summed E-state index contributed by atoms with van der Waals surface area (Å²) in [4.78, 5) is 4.32. The van der Waals surface area contributed by atoms with E-state index in [1.807, 2.05) is 0 Å². The fourth-order valence-electron chi connectivity index (χ4n) is 2.60. The lowest BCUT2D eigenvalue weighted by Gasteiger charge is -2.19. The quantitative estimate of drug-likeness (QED) is 0.802. The molecule has 0 spiro atoms. The lowest BCUT2D eigenvalue weighted by molar-refractivity contribution is 0.558. The minimum absolute atomic E-state index is 0.296. The van der Waals surface area contributed by atoms with Crippen LogP contribution in [0.4, 0.5) is 13.9 Å². The number of hydrazone groups is 1. The molecule has 116 valence electrons. The van der Waals surface area contributed by atoms with E-state index in [1.165, 1.54) is 42.7 Å². The second-order valence-corrected chi connectivity index (χ2v) is 6.38. The Morgan fingerprint density at radius 3 is 2.95 bits per heavy atom. The summed E-state index contributed by atoms with van der Waals surface area (Å²) in [5.41, 5.74) is 4.91. The number of hydrogen-bond acceptors (Lipinski definition) is 4. The van der Waals surface area contributed by atoms with Crippen LogP contribution < -0.4 is 5.43 Å². The highest BCUT2D eigenvalue weighted by Crippen LogP contribution is 2.28. The predicted octanol–water partition coefficient (Wildman–Crippen LogP) is 5.07. The molecule has 22 heavy (non-hydrogen) atoms. The lowest BCUT2D eigenvalue weighted by Crippen LogP contribution is -2.17. The normalized spacial score (nSPS) is 20.3. The first kappa shape index (κ1) is 15.1. The maximum Gasteiger partial charge on any atom is 0.203 e. The molecule has 1 unspecified atom stereocenters. The number of halogens is 2. The van der Waals surface area contributed by atoms with Crippen LogP contribution in [0.1, 0.15) is 32.6 Å². The average molecular weight is 321 g/mol. The zero-order valence-electron chi connectivity index (χ0n) is 12.3. The summed E-state index contributed by atoms with van der Waals surface area (Å²) in [5.74, 6) is -0.702. The van der Waals surface area contributed by atoms with Crippen molar-refractivity contribution in [2.45, 2.75) is 32.6 Å². The summed E-state index contributed by atoms with van der Waals surface area (Å²) in [6, 6.07) is 3.50. The van der Waals surface area contributed by atoms with E-state index >= 15 is 0 Å². The van der Waals surface area contributed by atoms with Crippen molar-refractivity contribution in [3.63, 3.8) is 0 Å². The highest BCUT2D eigenvalue weighted by molar-refractivity contribution is 7.14. The van der Waals surface area contributed by atoms with Gasteiger partial charge in [0.1, 0.15) is 11.6 Å². The summed E-state index contributed by atoms with van der Waals surface area (Å²) in [6.07, 6.45) is 4.61. The van der Waals surface area contributed by atoms with Crippen LogP contribution in [0.25, 0.3) is 11.3 Å². The van der Waals surface area contributed by atoms with Crippen LogP contribution in [0.5, 0.6) is 0 Å². The van der Waals surface area contributed by atoms with Crippen LogP contribution in [0.2, 0.25) is 0 Å². The summed E-state index contributed by atoms with van der Waals surface area (Å²) in [7, 11) is 0. The molecule has 1 saturated carbocycles. The first-order chi connectivity index (χ1) is 10.6. The van der Waals surface area contributed by atoms with Crippen molar-refractivity contribution in [2.24, 2.45) is 11.0 Å². The zero-order chi connectivity index (χ0) is 15.5. The van der Waals surface area contributed by atoms with Gasteiger partial charge in [-0.15, -0.1) is 11.3 Å². The van der Waals surface area contributed by atoms with Gasteiger partial charge in [-0.1, -0.05) is 13.3 Å². The number of rotatable bonds is 3. The summed E-state index contributed by atoms with van der Waals surface area (Å²) in [5, 5.41) is 6.79. The van der Waals surface area contributed by atoms with Gasteiger partial charge < -0.3 is 0 Å². The molecular formula is C16H17F2N3S. The van der Waals surface area contributed by atoms with E-state index in [2.05, 4.69) is 22.4 Å². The number of hydrogen-bond donors (Lipinski definition) is 1. The Labute approximate surface area is 132 Å². The van der Waals surface area contributed by atoms with Gasteiger partial charge in [-0.25, -0.2) is 13.8 Å². The molecule has 3 rings (SSSR count). The van der Waals surface area contributed by atoms with Gasteiger partial charge >= 0.3 is 0 Å². The van der Waals surface area contributed by atoms with E-state index in [-0.39, 0.29) is 0 Å². The number of benzene rings is 1. The summed E-state index contributed by atoms with van der Waals surface area (Å²) in [6.45, 7) is 2.18. The molecule has 1 fully saturated rings. The smallest absolute Gasteiger partial charge is 0.203 e. The average Bonchev–Trinajstić information content (AvgIpc) is 2.95. The van der Waals surface area contributed by atoms with Crippen LogP contribution in [-0.4, -0.2) is 10.7 Å².